The summed E-state index contributed by atoms with van der Waals surface area (Å²) in [6.07, 6.45) is 1.39. The topological polar surface area (TPSA) is 42.7 Å². The van der Waals surface area contributed by atoms with Gasteiger partial charge in [-0.25, -0.2) is 8.91 Å². The molecule has 3 heterocycles. The number of rotatable bonds is 1. The Morgan fingerprint density at radius 3 is 2.67 bits per heavy atom. The number of fused-ring (bicyclic) bond motifs is 1. The SMILES string of the molecule is Fc1c(N2CCOCC2)cn2nc(Cl)nc2c1F. The first-order chi connectivity index (χ1) is 8.66. The lowest BCUT2D eigenvalue weighted by Gasteiger charge is -2.28. The molecule has 8 heteroatoms. The summed E-state index contributed by atoms with van der Waals surface area (Å²) in [6, 6.07) is 0. The van der Waals surface area contributed by atoms with Crippen LogP contribution in [-0.4, -0.2) is 40.9 Å². The van der Waals surface area contributed by atoms with Crippen LogP contribution in [0.4, 0.5) is 14.5 Å². The van der Waals surface area contributed by atoms with E-state index in [9.17, 15) is 8.78 Å². The Morgan fingerprint density at radius 2 is 1.94 bits per heavy atom. The second-order valence-corrected chi connectivity index (χ2v) is 4.23. The van der Waals surface area contributed by atoms with E-state index in [-0.39, 0.29) is 16.6 Å². The van der Waals surface area contributed by atoms with Gasteiger partial charge in [0.05, 0.1) is 25.1 Å². The summed E-state index contributed by atoms with van der Waals surface area (Å²) < 4.78 is 34.1. The van der Waals surface area contributed by atoms with Crippen molar-refractivity contribution in [2.24, 2.45) is 0 Å². The summed E-state index contributed by atoms with van der Waals surface area (Å²) in [5.74, 6) is -1.98. The summed E-state index contributed by atoms with van der Waals surface area (Å²) in [4.78, 5) is 5.32. The lowest BCUT2D eigenvalue weighted by atomic mass is 10.3. The molecule has 0 N–H and O–H groups in total. The molecule has 1 aliphatic heterocycles. The minimum absolute atomic E-state index is 0.118. The first kappa shape index (κ1) is 11.6. The smallest absolute Gasteiger partial charge is 0.243 e. The van der Waals surface area contributed by atoms with Gasteiger partial charge in [-0.1, -0.05) is 0 Å². The van der Waals surface area contributed by atoms with Crippen LogP contribution in [0.3, 0.4) is 0 Å². The van der Waals surface area contributed by atoms with Crippen LogP contribution in [0.5, 0.6) is 0 Å². The summed E-state index contributed by atoms with van der Waals surface area (Å²) in [5, 5.41) is 3.66. The number of hydrogen-bond acceptors (Lipinski definition) is 4. The van der Waals surface area contributed by atoms with Crippen LogP contribution >= 0.6 is 11.6 Å². The molecule has 0 bridgehead atoms. The molecule has 1 aliphatic rings. The summed E-state index contributed by atoms with van der Waals surface area (Å²) >= 11 is 5.58. The van der Waals surface area contributed by atoms with Gasteiger partial charge >= 0.3 is 0 Å². The molecule has 0 aliphatic carbocycles. The normalized spacial score (nSPS) is 16.5. The van der Waals surface area contributed by atoms with Gasteiger partial charge in [-0.05, 0) is 11.6 Å². The highest BCUT2D eigenvalue weighted by Gasteiger charge is 2.22. The number of nitrogens with zero attached hydrogens (tertiary/aromatic N) is 4. The highest BCUT2D eigenvalue weighted by molar-refractivity contribution is 6.28. The van der Waals surface area contributed by atoms with Crippen molar-refractivity contribution in [3.8, 4) is 0 Å². The van der Waals surface area contributed by atoms with E-state index in [2.05, 4.69) is 10.1 Å². The molecule has 0 aromatic carbocycles. The summed E-state index contributed by atoms with van der Waals surface area (Å²) in [6.45, 7) is 1.98. The van der Waals surface area contributed by atoms with E-state index < -0.39 is 11.6 Å². The van der Waals surface area contributed by atoms with Gasteiger partial charge in [-0.3, -0.25) is 0 Å². The fraction of sp³-hybridized carbons (Fsp3) is 0.400. The summed E-state index contributed by atoms with van der Waals surface area (Å²) in [7, 11) is 0. The first-order valence-corrected chi connectivity index (χ1v) is 5.77. The number of anilines is 1. The molecule has 5 nitrogen and oxygen atoms in total. The molecule has 0 saturated carbocycles. The van der Waals surface area contributed by atoms with Gasteiger partial charge in [0, 0.05) is 13.1 Å². The van der Waals surface area contributed by atoms with Crippen molar-refractivity contribution in [3.05, 3.63) is 23.1 Å². The summed E-state index contributed by atoms with van der Waals surface area (Å²) in [5.41, 5.74) is -0.0700. The highest BCUT2D eigenvalue weighted by atomic mass is 35.5. The molecule has 2 aromatic rings. The molecule has 1 saturated heterocycles. The van der Waals surface area contributed by atoms with Crippen LogP contribution in [-0.2, 0) is 4.74 Å². The molecule has 96 valence electrons. The zero-order valence-electron chi connectivity index (χ0n) is 9.24. The van der Waals surface area contributed by atoms with Crippen LogP contribution in [0.2, 0.25) is 5.28 Å². The van der Waals surface area contributed by atoms with Crippen LogP contribution < -0.4 is 4.90 Å². The molecule has 3 rings (SSSR count). The van der Waals surface area contributed by atoms with Gasteiger partial charge in [0.2, 0.25) is 11.1 Å². The lowest BCUT2D eigenvalue weighted by molar-refractivity contribution is 0.122. The average molecular weight is 275 g/mol. The molecule has 0 spiro atoms. The molecule has 18 heavy (non-hydrogen) atoms. The van der Waals surface area contributed by atoms with Crippen LogP contribution in [0.15, 0.2) is 6.20 Å². The van der Waals surface area contributed by atoms with Crippen LogP contribution in [0.25, 0.3) is 5.65 Å². The van der Waals surface area contributed by atoms with E-state index in [0.29, 0.717) is 26.3 Å². The Hall–Kier alpha value is -1.47. The van der Waals surface area contributed by atoms with Crippen molar-refractivity contribution in [2.75, 3.05) is 31.2 Å². The second kappa shape index (κ2) is 4.33. The van der Waals surface area contributed by atoms with E-state index in [0.717, 1.165) is 4.52 Å². The van der Waals surface area contributed by atoms with E-state index in [1.165, 1.54) is 6.20 Å². The van der Waals surface area contributed by atoms with Crippen molar-refractivity contribution in [1.29, 1.82) is 0 Å². The number of hydrogen-bond donors (Lipinski definition) is 0. The molecule has 0 atom stereocenters. The van der Waals surface area contributed by atoms with Gasteiger partial charge < -0.3 is 9.64 Å². The molecule has 0 radical (unpaired) electrons. The third-order valence-corrected chi connectivity index (χ3v) is 2.98. The van der Waals surface area contributed by atoms with Gasteiger partial charge in [-0.15, -0.1) is 5.10 Å². The predicted octanol–water partition coefficient (Wildman–Crippen LogP) is 1.50. The van der Waals surface area contributed by atoms with Crippen LogP contribution in [0.1, 0.15) is 0 Å². The molecule has 2 aromatic heterocycles. The number of ether oxygens (including phenoxy) is 1. The minimum Gasteiger partial charge on any atom is -0.378 e. The largest absolute Gasteiger partial charge is 0.378 e. The lowest BCUT2D eigenvalue weighted by Crippen LogP contribution is -2.37. The zero-order chi connectivity index (χ0) is 12.7. The fourth-order valence-corrected chi connectivity index (χ4v) is 2.11. The Bertz CT molecular complexity index is 597. The van der Waals surface area contributed by atoms with E-state index in [1.54, 1.807) is 4.90 Å². The Morgan fingerprint density at radius 1 is 1.22 bits per heavy atom. The molecular weight excluding hydrogens is 266 g/mol. The van der Waals surface area contributed by atoms with E-state index >= 15 is 0 Å². The first-order valence-electron chi connectivity index (χ1n) is 5.39. The minimum atomic E-state index is -1.04. The molecular formula is C10H9ClF2N4O. The van der Waals surface area contributed by atoms with E-state index in [1.807, 2.05) is 0 Å². The van der Waals surface area contributed by atoms with Gasteiger partial charge in [0.15, 0.2) is 11.5 Å². The Labute approximate surface area is 106 Å². The molecule has 0 unspecified atom stereocenters. The Kier molecular flexibility index (Phi) is 2.79. The standard InChI is InChI=1S/C10H9ClF2N4O/c11-10-14-9-8(13)7(12)6(5-17(9)15-10)16-1-3-18-4-2-16/h5H,1-4H2. The maximum Gasteiger partial charge on any atom is 0.243 e. The van der Waals surface area contributed by atoms with Crippen LogP contribution in [0, 0.1) is 11.6 Å². The Balaban J connectivity index is 2.13. The maximum absolute atomic E-state index is 13.9. The third kappa shape index (κ3) is 1.79. The molecule has 0 amide bonds. The van der Waals surface area contributed by atoms with Crippen molar-refractivity contribution < 1.29 is 13.5 Å². The average Bonchev–Trinajstić information content (AvgIpc) is 2.76. The number of morpholine rings is 1. The zero-order valence-corrected chi connectivity index (χ0v) is 9.99. The maximum atomic E-state index is 13.9. The van der Waals surface area contributed by atoms with Crippen molar-refractivity contribution in [3.63, 3.8) is 0 Å². The molecule has 1 fully saturated rings. The third-order valence-electron chi connectivity index (χ3n) is 2.82. The van der Waals surface area contributed by atoms with Gasteiger partial charge in [0.1, 0.15) is 0 Å². The van der Waals surface area contributed by atoms with Crippen molar-refractivity contribution in [2.45, 2.75) is 0 Å². The number of pyridine rings is 1. The van der Waals surface area contributed by atoms with Gasteiger partial charge in [-0.2, -0.15) is 9.37 Å². The second-order valence-electron chi connectivity index (χ2n) is 3.89. The van der Waals surface area contributed by atoms with Crippen molar-refractivity contribution >= 4 is 22.9 Å². The van der Waals surface area contributed by atoms with Gasteiger partial charge in [0.25, 0.3) is 0 Å². The highest BCUT2D eigenvalue weighted by Crippen LogP contribution is 2.25. The van der Waals surface area contributed by atoms with E-state index in [4.69, 9.17) is 16.3 Å². The quantitative estimate of drug-likeness (QED) is 0.790. The fourth-order valence-electron chi connectivity index (χ4n) is 1.94. The predicted molar refractivity (Wildman–Crippen MR) is 60.9 cm³/mol. The number of halogens is 3. The van der Waals surface area contributed by atoms with Crippen molar-refractivity contribution in [1.82, 2.24) is 14.6 Å². The number of aromatic nitrogens is 3. The monoisotopic (exact) mass is 274 g/mol.